The van der Waals surface area contributed by atoms with Crippen LogP contribution in [0.3, 0.4) is 0 Å². The predicted molar refractivity (Wildman–Crippen MR) is 96.0 cm³/mol. The van der Waals surface area contributed by atoms with Crippen LogP contribution >= 0.6 is 11.3 Å². The first kappa shape index (κ1) is 15.2. The minimum Gasteiger partial charge on any atom is -0.482 e. The third-order valence-electron chi connectivity index (χ3n) is 4.40. The quantitative estimate of drug-likeness (QED) is 0.789. The van der Waals surface area contributed by atoms with Gasteiger partial charge >= 0.3 is 0 Å². The van der Waals surface area contributed by atoms with Crippen LogP contribution in [0.4, 0.5) is 5.13 Å². The standard InChI is InChI=1S/C18H19N3O2S/c1-21(18-20-13-6-2-3-8-15(13)24-18)16(22)11-23-14-7-4-5-12-9-10-19-17(12)14/h4-5,7,9-10,19H,2-3,6,8,11H2,1H3. The Hall–Kier alpha value is -2.34. The Morgan fingerprint density at radius 1 is 1.33 bits per heavy atom. The number of carbonyl (C=O) groups excluding carboxylic acids is 1. The van der Waals surface area contributed by atoms with Crippen molar-refractivity contribution in [2.75, 3.05) is 18.6 Å². The highest BCUT2D eigenvalue weighted by atomic mass is 32.1. The van der Waals surface area contributed by atoms with Crippen molar-refractivity contribution in [1.82, 2.24) is 9.97 Å². The number of H-pyrrole nitrogens is 1. The predicted octanol–water partition coefficient (Wildman–Crippen LogP) is 3.55. The zero-order valence-corrected chi connectivity index (χ0v) is 14.4. The van der Waals surface area contributed by atoms with Crippen molar-refractivity contribution >= 4 is 33.3 Å². The molecule has 6 heteroatoms. The number of nitrogens with one attached hydrogen (secondary N) is 1. The first-order valence-corrected chi connectivity index (χ1v) is 8.98. The molecular weight excluding hydrogens is 322 g/mol. The molecule has 24 heavy (non-hydrogen) atoms. The smallest absolute Gasteiger partial charge is 0.266 e. The number of likely N-dealkylation sites (N-methyl/N-ethyl adjacent to an activating group) is 1. The largest absolute Gasteiger partial charge is 0.482 e. The normalized spacial score (nSPS) is 13.7. The molecule has 0 saturated carbocycles. The molecule has 0 fully saturated rings. The summed E-state index contributed by atoms with van der Waals surface area (Å²) in [6.07, 6.45) is 6.39. The van der Waals surface area contributed by atoms with Gasteiger partial charge in [-0.15, -0.1) is 11.3 Å². The van der Waals surface area contributed by atoms with Crippen LogP contribution in [0.25, 0.3) is 10.9 Å². The van der Waals surface area contributed by atoms with Gasteiger partial charge in [0.05, 0.1) is 11.2 Å². The SMILES string of the molecule is CN(C(=O)COc1cccc2cc[nH]c12)c1nc2c(s1)CCCC2. The summed E-state index contributed by atoms with van der Waals surface area (Å²) in [5.74, 6) is 0.599. The van der Waals surface area contributed by atoms with Gasteiger partial charge in [-0.25, -0.2) is 4.98 Å². The van der Waals surface area contributed by atoms with E-state index in [0.29, 0.717) is 5.75 Å². The molecule has 0 radical (unpaired) electrons. The number of amides is 1. The van der Waals surface area contributed by atoms with E-state index >= 15 is 0 Å². The third-order valence-corrected chi connectivity index (χ3v) is 5.63. The van der Waals surface area contributed by atoms with Gasteiger partial charge in [-0.1, -0.05) is 12.1 Å². The zero-order valence-electron chi connectivity index (χ0n) is 13.5. The molecule has 0 saturated heterocycles. The summed E-state index contributed by atoms with van der Waals surface area (Å²) in [5.41, 5.74) is 2.08. The van der Waals surface area contributed by atoms with E-state index in [1.807, 2.05) is 30.5 Å². The van der Waals surface area contributed by atoms with E-state index in [1.54, 1.807) is 23.3 Å². The molecule has 0 bridgehead atoms. The summed E-state index contributed by atoms with van der Waals surface area (Å²) in [5, 5.41) is 1.84. The van der Waals surface area contributed by atoms with Crippen molar-refractivity contribution < 1.29 is 9.53 Å². The molecule has 1 amide bonds. The van der Waals surface area contributed by atoms with Crippen molar-refractivity contribution in [2.45, 2.75) is 25.7 Å². The van der Waals surface area contributed by atoms with Gasteiger partial charge in [0.15, 0.2) is 11.7 Å². The van der Waals surface area contributed by atoms with Crippen molar-refractivity contribution in [2.24, 2.45) is 0 Å². The van der Waals surface area contributed by atoms with Gasteiger partial charge in [0.1, 0.15) is 5.75 Å². The fraction of sp³-hybridized carbons (Fsp3) is 0.333. The number of benzene rings is 1. The zero-order chi connectivity index (χ0) is 16.5. The van der Waals surface area contributed by atoms with Crippen LogP contribution in [-0.4, -0.2) is 29.5 Å². The highest BCUT2D eigenvalue weighted by Crippen LogP contribution is 2.31. The van der Waals surface area contributed by atoms with Crippen LogP contribution < -0.4 is 9.64 Å². The summed E-state index contributed by atoms with van der Waals surface area (Å²) >= 11 is 1.63. The molecule has 1 aliphatic carbocycles. The molecule has 4 rings (SSSR count). The Bertz CT molecular complexity index is 860. The second kappa shape index (κ2) is 6.28. The number of carbonyl (C=O) groups is 1. The van der Waals surface area contributed by atoms with Crippen LogP contribution in [0.15, 0.2) is 30.5 Å². The maximum absolute atomic E-state index is 12.5. The average Bonchev–Trinajstić information content (AvgIpc) is 3.25. The number of aromatic amines is 1. The van der Waals surface area contributed by atoms with E-state index in [0.717, 1.165) is 34.6 Å². The van der Waals surface area contributed by atoms with E-state index in [1.165, 1.54) is 17.7 Å². The number of aromatic nitrogens is 2. The van der Waals surface area contributed by atoms with Gasteiger partial charge in [-0.3, -0.25) is 9.69 Å². The second-order valence-electron chi connectivity index (χ2n) is 6.01. The van der Waals surface area contributed by atoms with Gasteiger partial charge in [0.25, 0.3) is 5.91 Å². The van der Waals surface area contributed by atoms with Gasteiger partial charge < -0.3 is 9.72 Å². The van der Waals surface area contributed by atoms with E-state index in [9.17, 15) is 4.79 Å². The molecule has 5 nitrogen and oxygen atoms in total. The number of aryl methyl sites for hydroxylation is 2. The maximum atomic E-state index is 12.5. The molecule has 1 N–H and O–H groups in total. The molecular formula is C18H19N3O2S. The molecule has 2 aromatic heterocycles. The second-order valence-corrected chi connectivity index (χ2v) is 7.07. The molecule has 0 unspecified atom stereocenters. The van der Waals surface area contributed by atoms with Crippen molar-refractivity contribution in [3.05, 3.63) is 41.0 Å². The fourth-order valence-electron chi connectivity index (χ4n) is 3.00. The first-order valence-electron chi connectivity index (χ1n) is 8.16. The molecule has 3 aromatic rings. The summed E-state index contributed by atoms with van der Waals surface area (Å²) in [4.78, 5) is 23.2. The van der Waals surface area contributed by atoms with Gasteiger partial charge in [-0.05, 0) is 37.8 Å². The Morgan fingerprint density at radius 3 is 3.08 bits per heavy atom. The van der Waals surface area contributed by atoms with Crippen molar-refractivity contribution in [1.29, 1.82) is 0 Å². The number of ether oxygens (including phenoxy) is 1. The minimum absolute atomic E-state index is 0.00111. The summed E-state index contributed by atoms with van der Waals surface area (Å²) < 4.78 is 5.74. The van der Waals surface area contributed by atoms with Crippen molar-refractivity contribution in [3.63, 3.8) is 0 Å². The number of hydrogen-bond acceptors (Lipinski definition) is 4. The molecule has 124 valence electrons. The first-order chi connectivity index (χ1) is 11.7. The maximum Gasteiger partial charge on any atom is 0.266 e. The van der Waals surface area contributed by atoms with E-state index in [4.69, 9.17) is 4.74 Å². The number of rotatable bonds is 4. The van der Waals surface area contributed by atoms with E-state index in [-0.39, 0.29) is 12.5 Å². The summed E-state index contributed by atoms with van der Waals surface area (Å²) in [7, 11) is 1.77. The number of thiazole rings is 1. The topological polar surface area (TPSA) is 58.2 Å². The number of fused-ring (bicyclic) bond motifs is 2. The van der Waals surface area contributed by atoms with Crippen LogP contribution in [-0.2, 0) is 17.6 Å². The number of anilines is 1. The average molecular weight is 341 g/mol. The lowest BCUT2D eigenvalue weighted by Gasteiger charge is -2.14. The van der Waals surface area contributed by atoms with E-state index < -0.39 is 0 Å². The lowest BCUT2D eigenvalue weighted by molar-refractivity contribution is -0.120. The van der Waals surface area contributed by atoms with Gasteiger partial charge in [0.2, 0.25) is 0 Å². The minimum atomic E-state index is -0.0929. The molecule has 1 aromatic carbocycles. The lowest BCUT2D eigenvalue weighted by atomic mass is 10.0. The van der Waals surface area contributed by atoms with Gasteiger partial charge in [0, 0.05) is 23.5 Å². The highest BCUT2D eigenvalue weighted by molar-refractivity contribution is 7.15. The Labute approximate surface area is 144 Å². The van der Waals surface area contributed by atoms with E-state index in [2.05, 4.69) is 9.97 Å². The lowest BCUT2D eigenvalue weighted by Crippen LogP contribution is -2.31. The highest BCUT2D eigenvalue weighted by Gasteiger charge is 2.20. The Morgan fingerprint density at radius 2 is 2.21 bits per heavy atom. The molecule has 1 aliphatic rings. The molecule has 0 spiro atoms. The van der Waals surface area contributed by atoms with Crippen LogP contribution in [0.1, 0.15) is 23.4 Å². The fourth-order valence-corrected chi connectivity index (χ4v) is 4.13. The van der Waals surface area contributed by atoms with Crippen LogP contribution in [0.2, 0.25) is 0 Å². The Balaban J connectivity index is 1.46. The number of hydrogen-bond donors (Lipinski definition) is 1. The molecule has 2 heterocycles. The summed E-state index contributed by atoms with van der Waals surface area (Å²) in [6.45, 7) is -0.00111. The van der Waals surface area contributed by atoms with Gasteiger partial charge in [-0.2, -0.15) is 0 Å². The number of para-hydroxylation sites is 1. The molecule has 0 atom stereocenters. The van der Waals surface area contributed by atoms with Crippen LogP contribution in [0.5, 0.6) is 5.75 Å². The summed E-state index contributed by atoms with van der Waals surface area (Å²) in [6, 6.07) is 7.78. The van der Waals surface area contributed by atoms with Crippen molar-refractivity contribution in [3.8, 4) is 5.75 Å². The Kier molecular flexibility index (Phi) is 3.98. The third kappa shape index (κ3) is 2.78. The molecule has 0 aliphatic heterocycles. The van der Waals surface area contributed by atoms with Crippen LogP contribution in [0, 0.1) is 0 Å². The number of nitrogens with zero attached hydrogens (tertiary/aromatic N) is 2. The monoisotopic (exact) mass is 341 g/mol.